The Morgan fingerprint density at radius 1 is 0.970 bits per heavy atom. The van der Waals surface area contributed by atoms with Crippen LogP contribution in [0.3, 0.4) is 0 Å². The molecule has 3 heterocycles. The molecule has 2 aliphatic rings. The Morgan fingerprint density at radius 2 is 1.79 bits per heavy atom. The Labute approximate surface area is 192 Å². The van der Waals surface area contributed by atoms with Gasteiger partial charge in [-0.1, -0.05) is 24.3 Å². The third-order valence-corrected chi connectivity index (χ3v) is 5.88. The molecule has 0 aliphatic carbocycles. The third kappa shape index (κ3) is 5.25. The van der Waals surface area contributed by atoms with Crippen molar-refractivity contribution in [2.24, 2.45) is 0 Å². The van der Waals surface area contributed by atoms with Gasteiger partial charge in [0.25, 0.3) is 0 Å². The summed E-state index contributed by atoms with van der Waals surface area (Å²) in [6.45, 7) is 5.83. The number of fused-ring (bicyclic) bond motifs is 1. The molecule has 172 valence electrons. The molecule has 1 amide bonds. The van der Waals surface area contributed by atoms with Gasteiger partial charge in [0, 0.05) is 38.4 Å². The van der Waals surface area contributed by atoms with Gasteiger partial charge >= 0.3 is 11.8 Å². The lowest BCUT2D eigenvalue weighted by Gasteiger charge is -2.36. The molecule has 0 spiro atoms. The monoisotopic (exact) mass is 449 g/mol. The maximum Gasteiger partial charge on any atom is 0.308 e. The number of aromatic nitrogens is 2. The van der Waals surface area contributed by atoms with Crippen LogP contribution in [0.4, 0.5) is 5.69 Å². The smallest absolute Gasteiger partial charge is 0.308 e. The number of hydrogen-bond donors (Lipinski definition) is 1. The quantitative estimate of drug-likeness (QED) is 0.524. The second-order valence-electron chi connectivity index (χ2n) is 8.14. The lowest BCUT2D eigenvalue weighted by Crippen LogP contribution is -2.47. The van der Waals surface area contributed by atoms with Gasteiger partial charge in [-0.2, -0.15) is 0 Å². The fourth-order valence-corrected chi connectivity index (χ4v) is 4.09. The van der Waals surface area contributed by atoms with Gasteiger partial charge < -0.3 is 24.1 Å². The Hall–Kier alpha value is -3.59. The molecule has 9 heteroatoms. The molecule has 3 aromatic rings. The predicted molar refractivity (Wildman–Crippen MR) is 122 cm³/mol. The van der Waals surface area contributed by atoms with E-state index in [0.29, 0.717) is 24.6 Å². The highest BCUT2D eigenvalue weighted by Crippen LogP contribution is 2.33. The summed E-state index contributed by atoms with van der Waals surface area (Å²) >= 11 is 0. The average Bonchev–Trinajstić information content (AvgIpc) is 3.52. The van der Waals surface area contributed by atoms with E-state index in [1.165, 1.54) is 5.69 Å². The largest absolute Gasteiger partial charge is 0.454 e. The van der Waals surface area contributed by atoms with E-state index in [1.54, 1.807) is 0 Å². The molecular weight excluding hydrogens is 422 g/mol. The minimum atomic E-state index is -0.340. The summed E-state index contributed by atoms with van der Waals surface area (Å²) in [6.07, 6.45) is 1.29. The number of carbonyl (C=O) groups excluding carboxylic acids is 1. The Morgan fingerprint density at radius 3 is 2.64 bits per heavy atom. The lowest BCUT2D eigenvalue weighted by molar-refractivity contribution is 0.0915. The van der Waals surface area contributed by atoms with Gasteiger partial charge in [-0.05, 0) is 42.8 Å². The van der Waals surface area contributed by atoms with Crippen LogP contribution in [-0.2, 0) is 6.42 Å². The highest BCUT2D eigenvalue weighted by atomic mass is 16.7. The van der Waals surface area contributed by atoms with E-state index in [1.807, 2.05) is 24.3 Å². The summed E-state index contributed by atoms with van der Waals surface area (Å²) in [6, 6.07) is 16.2. The van der Waals surface area contributed by atoms with Crippen molar-refractivity contribution in [2.45, 2.75) is 12.8 Å². The number of anilines is 1. The van der Waals surface area contributed by atoms with Gasteiger partial charge in [0.1, 0.15) is 0 Å². The van der Waals surface area contributed by atoms with E-state index in [2.05, 4.69) is 49.6 Å². The molecule has 1 aromatic heterocycles. The van der Waals surface area contributed by atoms with Gasteiger partial charge in [-0.15, -0.1) is 10.2 Å². The first-order chi connectivity index (χ1) is 16.2. The van der Waals surface area contributed by atoms with Crippen molar-refractivity contribution < 1.29 is 18.7 Å². The van der Waals surface area contributed by atoms with Gasteiger partial charge in [0.2, 0.25) is 12.7 Å². The Balaban J connectivity index is 1.02. The van der Waals surface area contributed by atoms with Crippen LogP contribution < -0.4 is 19.7 Å². The van der Waals surface area contributed by atoms with Crippen LogP contribution in [0.25, 0.3) is 0 Å². The van der Waals surface area contributed by atoms with E-state index < -0.39 is 0 Å². The number of ether oxygens (including phenoxy) is 2. The molecule has 0 bridgehead atoms. The van der Waals surface area contributed by atoms with Crippen LogP contribution in [-0.4, -0.2) is 67.1 Å². The second kappa shape index (κ2) is 9.91. The fourth-order valence-electron chi connectivity index (χ4n) is 4.09. The fraction of sp³-hybridized carbons (Fsp3) is 0.375. The maximum atomic E-state index is 12.4. The van der Waals surface area contributed by atoms with Crippen LogP contribution in [0.5, 0.6) is 11.5 Å². The number of benzene rings is 2. The molecule has 0 unspecified atom stereocenters. The second-order valence-corrected chi connectivity index (χ2v) is 8.14. The molecule has 2 aliphatic heterocycles. The number of carbonyl (C=O) groups is 1. The Kier molecular flexibility index (Phi) is 6.39. The van der Waals surface area contributed by atoms with E-state index in [-0.39, 0.29) is 18.6 Å². The predicted octanol–water partition coefficient (Wildman–Crippen LogP) is 2.33. The zero-order valence-corrected chi connectivity index (χ0v) is 18.4. The maximum absolute atomic E-state index is 12.4. The molecule has 1 fully saturated rings. The van der Waals surface area contributed by atoms with Crippen molar-refractivity contribution in [3.8, 4) is 11.5 Å². The number of amides is 1. The number of nitrogens with one attached hydrogen (secondary N) is 1. The van der Waals surface area contributed by atoms with Crippen molar-refractivity contribution in [1.82, 2.24) is 20.4 Å². The van der Waals surface area contributed by atoms with Crippen molar-refractivity contribution in [3.63, 3.8) is 0 Å². The minimum absolute atomic E-state index is 0.0118. The SMILES string of the molecule is O=C(NCCCN1CCN(c2ccccc2)CC1)c1nnc(Cc2ccc3c(c2)OCO3)o1. The van der Waals surface area contributed by atoms with Crippen LogP contribution in [0, 0.1) is 0 Å². The Bertz CT molecular complexity index is 1080. The molecule has 0 radical (unpaired) electrons. The van der Waals surface area contributed by atoms with Crippen LogP contribution in [0.1, 0.15) is 28.6 Å². The van der Waals surface area contributed by atoms with Crippen LogP contribution in [0.15, 0.2) is 52.9 Å². The summed E-state index contributed by atoms with van der Waals surface area (Å²) in [5.74, 6) is 1.46. The minimum Gasteiger partial charge on any atom is -0.454 e. The molecule has 9 nitrogen and oxygen atoms in total. The van der Waals surface area contributed by atoms with Gasteiger partial charge in [0.05, 0.1) is 6.42 Å². The normalized spacial score (nSPS) is 15.6. The van der Waals surface area contributed by atoms with Crippen molar-refractivity contribution >= 4 is 11.6 Å². The summed E-state index contributed by atoms with van der Waals surface area (Å²) in [7, 11) is 0. The number of nitrogens with zero attached hydrogens (tertiary/aromatic N) is 4. The third-order valence-electron chi connectivity index (χ3n) is 5.88. The molecule has 1 N–H and O–H groups in total. The van der Waals surface area contributed by atoms with E-state index in [4.69, 9.17) is 13.9 Å². The van der Waals surface area contributed by atoms with Crippen molar-refractivity contribution in [3.05, 3.63) is 65.9 Å². The summed E-state index contributed by atoms with van der Waals surface area (Å²) in [5, 5.41) is 10.8. The van der Waals surface area contributed by atoms with Crippen molar-refractivity contribution in [1.29, 1.82) is 0 Å². The lowest BCUT2D eigenvalue weighted by atomic mass is 10.1. The zero-order chi connectivity index (χ0) is 22.5. The molecule has 0 saturated carbocycles. The molecule has 0 atom stereocenters. The average molecular weight is 450 g/mol. The first-order valence-electron chi connectivity index (χ1n) is 11.3. The van der Waals surface area contributed by atoms with Gasteiger partial charge in [-0.25, -0.2) is 0 Å². The first kappa shape index (κ1) is 21.3. The van der Waals surface area contributed by atoms with E-state index in [9.17, 15) is 4.79 Å². The standard InChI is InChI=1S/C24H27N5O4/c30-23(24-27-26-22(33-24)16-18-7-8-20-21(15-18)32-17-31-20)25-9-4-10-28-11-13-29(14-12-28)19-5-2-1-3-6-19/h1-3,5-8,15H,4,9-14,16-17H2,(H,25,30). The highest BCUT2D eigenvalue weighted by molar-refractivity contribution is 5.89. The van der Waals surface area contributed by atoms with Crippen LogP contribution in [0.2, 0.25) is 0 Å². The number of para-hydroxylation sites is 1. The number of piperazine rings is 1. The molecule has 1 saturated heterocycles. The zero-order valence-electron chi connectivity index (χ0n) is 18.4. The molecule has 5 rings (SSSR count). The summed E-state index contributed by atoms with van der Waals surface area (Å²) in [5.41, 5.74) is 2.23. The summed E-state index contributed by atoms with van der Waals surface area (Å²) in [4.78, 5) is 17.2. The van der Waals surface area contributed by atoms with E-state index >= 15 is 0 Å². The van der Waals surface area contributed by atoms with E-state index in [0.717, 1.165) is 50.5 Å². The molecule has 2 aromatic carbocycles. The molecular formula is C24H27N5O4. The number of rotatable bonds is 8. The topological polar surface area (TPSA) is 93.0 Å². The number of hydrogen-bond acceptors (Lipinski definition) is 8. The first-order valence-corrected chi connectivity index (χ1v) is 11.3. The van der Waals surface area contributed by atoms with Gasteiger partial charge in [0.15, 0.2) is 11.5 Å². The van der Waals surface area contributed by atoms with Crippen molar-refractivity contribution in [2.75, 3.05) is 51.0 Å². The van der Waals surface area contributed by atoms with Crippen LogP contribution >= 0.6 is 0 Å². The summed E-state index contributed by atoms with van der Waals surface area (Å²) < 4.78 is 16.2. The highest BCUT2D eigenvalue weighted by Gasteiger charge is 2.19. The molecule has 33 heavy (non-hydrogen) atoms. The van der Waals surface area contributed by atoms with Gasteiger partial charge in [-0.3, -0.25) is 9.69 Å².